The van der Waals surface area contributed by atoms with Gasteiger partial charge < -0.3 is 18.9 Å². The summed E-state index contributed by atoms with van der Waals surface area (Å²) in [5.74, 6) is -2.10. The van der Waals surface area contributed by atoms with E-state index in [0.717, 1.165) is 5.06 Å². The fourth-order valence-corrected chi connectivity index (χ4v) is 3.81. The first-order valence-corrected chi connectivity index (χ1v) is 11.2. The topological polar surface area (TPSA) is 112 Å². The van der Waals surface area contributed by atoms with E-state index in [1.807, 2.05) is 0 Å². The molecule has 9 nitrogen and oxygen atoms in total. The summed E-state index contributed by atoms with van der Waals surface area (Å²) in [6.45, 7) is -0.435. The number of nitrogens with zero attached hydrogens (tertiary/aromatic N) is 1. The molecule has 1 saturated heterocycles. The maximum absolute atomic E-state index is 13.5. The van der Waals surface area contributed by atoms with Crippen LogP contribution in [-0.2, 0) is 23.7 Å². The van der Waals surface area contributed by atoms with Crippen LogP contribution in [0.3, 0.4) is 0 Å². The zero-order valence-electron chi connectivity index (χ0n) is 19.4. The highest BCUT2D eigenvalue weighted by Gasteiger charge is 2.51. The van der Waals surface area contributed by atoms with Crippen molar-refractivity contribution in [3.05, 3.63) is 102 Å². The predicted octanol–water partition coefficient (Wildman–Crippen LogP) is 3.27. The number of anilines is 1. The minimum absolute atomic E-state index is 0.223. The van der Waals surface area contributed by atoms with Gasteiger partial charge in [-0.3, -0.25) is 10.0 Å². The van der Waals surface area contributed by atoms with E-state index in [2.05, 4.69) is 0 Å². The van der Waals surface area contributed by atoms with E-state index in [4.69, 9.17) is 18.9 Å². The molecule has 36 heavy (non-hydrogen) atoms. The number of methoxy groups -OCH3 is 1. The van der Waals surface area contributed by atoms with Crippen LogP contribution in [0.1, 0.15) is 20.7 Å². The van der Waals surface area contributed by atoms with Gasteiger partial charge in [0.15, 0.2) is 24.5 Å². The number of hydrogen-bond acceptors (Lipinski definition) is 9. The van der Waals surface area contributed by atoms with Gasteiger partial charge in [-0.1, -0.05) is 54.6 Å². The number of ether oxygens (including phenoxy) is 4. The summed E-state index contributed by atoms with van der Waals surface area (Å²) in [5, 5.41) is 11.8. The molecule has 1 fully saturated rings. The van der Waals surface area contributed by atoms with Gasteiger partial charge in [0.05, 0.1) is 16.8 Å². The van der Waals surface area contributed by atoms with Crippen molar-refractivity contribution in [3.63, 3.8) is 0 Å². The number of hydrogen-bond donors (Lipinski definition) is 1. The Balaban J connectivity index is 1.59. The van der Waals surface area contributed by atoms with Crippen molar-refractivity contribution in [2.24, 2.45) is 0 Å². The average Bonchev–Trinajstić information content (AvgIpc) is 2.94. The average molecular weight is 491 g/mol. The first kappa shape index (κ1) is 25.1. The van der Waals surface area contributed by atoms with Crippen LogP contribution in [0, 0.1) is 0 Å². The standard InChI is InChI=1S/C27H25NO8/c1-33-27-22(28(32)20-15-9-4-10-16-20)24(36-26(31)19-13-7-3-8-14-19)23(29)21(35-27)17-34-25(30)18-11-5-2-6-12-18/h2-16,21-22,24,27,32H,17H2,1H3/t21-,22-,24-,27-/m0/s1. The van der Waals surface area contributed by atoms with E-state index < -0.39 is 48.9 Å². The summed E-state index contributed by atoms with van der Waals surface area (Å²) in [6.07, 6.45) is -4.00. The summed E-state index contributed by atoms with van der Waals surface area (Å²) in [7, 11) is 1.33. The normalized spacial score (nSPS) is 21.4. The van der Waals surface area contributed by atoms with Gasteiger partial charge in [0.1, 0.15) is 6.61 Å². The molecule has 0 aliphatic carbocycles. The first-order chi connectivity index (χ1) is 17.5. The van der Waals surface area contributed by atoms with Gasteiger partial charge in [-0.05, 0) is 36.4 Å². The van der Waals surface area contributed by atoms with Crippen LogP contribution in [0.4, 0.5) is 5.69 Å². The molecular formula is C27H25NO8. The molecule has 0 amide bonds. The number of carbonyl (C=O) groups is 3. The lowest BCUT2D eigenvalue weighted by atomic mass is 9.97. The van der Waals surface area contributed by atoms with Crippen LogP contribution >= 0.6 is 0 Å². The van der Waals surface area contributed by atoms with Crippen LogP contribution in [0.2, 0.25) is 0 Å². The van der Waals surface area contributed by atoms with Crippen molar-refractivity contribution >= 4 is 23.4 Å². The van der Waals surface area contributed by atoms with E-state index in [0.29, 0.717) is 11.3 Å². The van der Waals surface area contributed by atoms with Crippen LogP contribution in [-0.4, -0.2) is 61.2 Å². The number of para-hydroxylation sites is 1. The Morgan fingerprint density at radius 2 is 1.39 bits per heavy atom. The fraction of sp³-hybridized carbons (Fsp3) is 0.222. The Bertz CT molecular complexity index is 1170. The van der Waals surface area contributed by atoms with Crippen LogP contribution < -0.4 is 5.06 Å². The Kier molecular flexibility index (Phi) is 8.06. The van der Waals surface area contributed by atoms with Crippen LogP contribution in [0.15, 0.2) is 91.0 Å². The molecule has 0 unspecified atom stereocenters. The molecule has 0 spiro atoms. The molecule has 3 aromatic carbocycles. The number of ketones is 1. The highest BCUT2D eigenvalue weighted by Crippen LogP contribution is 2.29. The molecule has 1 heterocycles. The highest BCUT2D eigenvalue weighted by atomic mass is 16.7. The second-order valence-corrected chi connectivity index (χ2v) is 7.96. The molecule has 0 radical (unpaired) electrons. The number of rotatable bonds is 8. The van der Waals surface area contributed by atoms with Gasteiger partial charge in [-0.2, -0.15) is 0 Å². The maximum Gasteiger partial charge on any atom is 0.338 e. The van der Waals surface area contributed by atoms with Gasteiger partial charge in [-0.15, -0.1) is 0 Å². The van der Waals surface area contributed by atoms with Crippen LogP contribution in [0.25, 0.3) is 0 Å². The molecule has 186 valence electrons. The summed E-state index contributed by atoms with van der Waals surface area (Å²) >= 11 is 0. The molecule has 4 rings (SSSR count). The number of Topliss-reactive ketones (excluding diaryl/α,β-unsaturated/α-hetero) is 1. The Morgan fingerprint density at radius 1 is 0.861 bits per heavy atom. The molecule has 1 aliphatic rings. The van der Waals surface area contributed by atoms with Gasteiger partial charge in [0.2, 0.25) is 5.78 Å². The molecule has 9 heteroatoms. The number of hydroxylamine groups is 1. The van der Waals surface area contributed by atoms with Gasteiger partial charge >= 0.3 is 11.9 Å². The molecule has 0 bridgehead atoms. The lowest BCUT2D eigenvalue weighted by molar-refractivity contribution is -0.222. The summed E-state index contributed by atoms with van der Waals surface area (Å²) in [6, 6.07) is 23.6. The largest absolute Gasteiger partial charge is 0.459 e. The fourth-order valence-electron chi connectivity index (χ4n) is 3.81. The van der Waals surface area contributed by atoms with E-state index in [9.17, 15) is 19.6 Å². The Morgan fingerprint density at radius 3 is 1.94 bits per heavy atom. The van der Waals surface area contributed by atoms with Crippen molar-refractivity contribution < 1.29 is 38.5 Å². The summed E-state index contributed by atoms with van der Waals surface area (Å²) < 4.78 is 22.1. The number of carbonyl (C=O) groups excluding carboxylic acids is 3. The molecular weight excluding hydrogens is 466 g/mol. The minimum Gasteiger partial charge on any atom is -0.459 e. The Hall–Kier alpha value is -4.05. The quantitative estimate of drug-likeness (QED) is 0.375. The van der Waals surface area contributed by atoms with Crippen molar-refractivity contribution in [1.29, 1.82) is 0 Å². The smallest absolute Gasteiger partial charge is 0.338 e. The zero-order valence-corrected chi connectivity index (χ0v) is 19.4. The molecule has 4 atom stereocenters. The van der Waals surface area contributed by atoms with E-state index in [1.54, 1.807) is 91.0 Å². The predicted molar refractivity (Wildman–Crippen MR) is 128 cm³/mol. The number of benzene rings is 3. The van der Waals surface area contributed by atoms with Gasteiger partial charge in [0.25, 0.3) is 0 Å². The van der Waals surface area contributed by atoms with Gasteiger partial charge in [-0.25, -0.2) is 14.7 Å². The summed E-state index contributed by atoms with van der Waals surface area (Å²) in [4.78, 5) is 38.7. The van der Waals surface area contributed by atoms with Crippen molar-refractivity contribution in [2.45, 2.75) is 24.5 Å². The van der Waals surface area contributed by atoms with Crippen LogP contribution in [0.5, 0.6) is 0 Å². The van der Waals surface area contributed by atoms with E-state index in [-0.39, 0.29) is 5.56 Å². The Labute approximate surface area is 207 Å². The summed E-state index contributed by atoms with van der Waals surface area (Å²) in [5.41, 5.74) is 0.857. The lowest BCUT2D eigenvalue weighted by Gasteiger charge is -2.42. The van der Waals surface area contributed by atoms with Gasteiger partial charge in [0, 0.05) is 7.11 Å². The third-order valence-corrected chi connectivity index (χ3v) is 5.64. The first-order valence-electron chi connectivity index (χ1n) is 11.2. The van der Waals surface area contributed by atoms with E-state index in [1.165, 1.54) is 7.11 Å². The minimum atomic E-state index is -1.50. The third kappa shape index (κ3) is 5.60. The molecule has 0 saturated carbocycles. The van der Waals surface area contributed by atoms with Crippen molar-refractivity contribution in [3.8, 4) is 0 Å². The molecule has 0 aromatic heterocycles. The third-order valence-electron chi connectivity index (χ3n) is 5.64. The molecule has 3 aromatic rings. The maximum atomic E-state index is 13.5. The van der Waals surface area contributed by atoms with Crippen molar-refractivity contribution in [2.75, 3.05) is 18.8 Å². The molecule has 1 aliphatic heterocycles. The second-order valence-electron chi connectivity index (χ2n) is 7.96. The van der Waals surface area contributed by atoms with Crippen molar-refractivity contribution in [1.82, 2.24) is 0 Å². The van der Waals surface area contributed by atoms with E-state index >= 15 is 0 Å². The lowest BCUT2D eigenvalue weighted by Crippen LogP contribution is -2.63. The highest BCUT2D eigenvalue weighted by molar-refractivity contribution is 5.95. The molecule has 1 N–H and O–H groups in total. The SMILES string of the molecule is CO[C@H]1O[C@@H](COC(=O)c2ccccc2)C(=O)[C@@H](OC(=O)c2ccccc2)[C@@H]1N(O)c1ccccc1. The zero-order chi connectivity index (χ0) is 25.5. The number of esters is 2. The monoisotopic (exact) mass is 491 g/mol. The second kappa shape index (κ2) is 11.6.